The van der Waals surface area contributed by atoms with E-state index < -0.39 is 0 Å². The summed E-state index contributed by atoms with van der Waals surface area (Å²) in [6, 6.07) is 19.4. The number of furan rings is 1. The lowest BCUT2D eigenvalue weighted by Crippen LogP contribution is -2.26. The minimum absolute atomic E-state index is 0.146. The van der Waals surface area contributed by atoms with Gasteiger partial charge >= 0.3 is 0 Å². The lowest BCUT2D eigenvalue weighted by molar-refractivity contribution is 0.372. The zero-order chi connectivity index (χ0) is 16.5. The number of nitrogens with one attached hydrogen (secondary N) is 1. The van der Waals surface area contributed by atoms with E-state index in [9.17, 15) is 0 Å². The fourth-order valence-electron chi connectivity index (χ4n) is 3.38. The maximum atomic E-state index is 6.10. The van der Waals surface area contributed by atoms with Gasteiger partial charge in [-0.3, -0.25) is 0 Å². The number of ether oxygens (including phenoxy) is 1. The van der Waals surface area contributed by atoms with Crippen molar-refractivity contribution in [2.75, 3.05) is 7.11 Å². The fraction of sp³-hybridized carbons (Fsp3) is 0.333. The molecule has 2 unspecified atom stereocenters. The van der Waals surface area contributed by atoms with Gasteiger partial charge in [0.1, 0.15) is 5.76 Å². The smallest absolute Gasteiger partial charge is 0.176 e. The number of benzene rings is 2. The molecule has 24 heavy (non-hydrogen) atoms. The molecule has 124 valence electrons. The van der Waals surface area contributed by atoms with Crippen molar-refractivity contribution >= 4 is 11.0 Å². The Labute approximate surface area is 142 Å². The standard InChI is InChI=1S/C21H23NO2/c1-14(19-13-17-9-6-10-18(23-2)21(17)24-19)22-20(16-11-12-16)15-7-4-3-5-8-15/h3-10,13-14,16,20,22H,11-12H2,1-2H3. The molecule has 1 heterocycles. The van der Waals surface area contributed by atoms with E-state index in [-0.39, 0.29) is 6.04 Å². The van der Waals surface area contributed by atoms with E-state index in [4.69, 9.17) is 9.15 Å². The van der Waals surface area contributed by atoms with Gasteiger partial charge in [-0.1, -0.05) is 42.5 Å². The first-order valence-corrected chi connectivity index (χ1v) is 8.63. The highest BCUT2D eigenvalue weighted by Gasteiger charge is 2.33. The van der Waals surface area contributed by atoms with Crippen LogP contribution in [0, 0.1) is 5.92 Å². The van der Waals surface area contributed by atoms with Gasteiger partial charge < -0.3 is 14.5 Å². The molecule has 1 aromatic heterocycles. The molecule has 3 heteroatoms. The van der Waals surface area contributed by atoms with E-state index in [1.807, 2.05) is 12.1 Å². The van der Waals surface area contributed by atoms with E-state index >= 15 is 0 Å². The van der Waals surface area contributed by atoms with Crippen molar-refractivity contribution < 1.29 is 9.15 Å². The second-order valence-electron chi connectivity index (χ2n) is 6.64. The lowest BCUT2D eigenvalue weighted by Gasteiger charge is -2.22. The van der Waals surface area contributed by atoms with Crippen LogP contribution in [0.4, 0.5) is 0 Å². The molecule has 4 rings (SSSR count). The van der Waals surface area contributed by atoms with Crippen molar-refractivity contribution in [3.05, 3.63) is 65.9 Å². The van der Waals surface area contributed by atoms with Crippen LogP contribution in [0.2, 0.25) is 0 Å². The molecular weight excluding hydrogens is 298 g/mol. The molecule has 1 saturated carbocycles. The van der Waals surface area contributed by atoms with Crippen LogP contribution in [0.3, 0.4) is 0 Å². The first kappa shape index (κ1) is 15.3. The molecule has 2 aromatic carbocycles. The van der Waals surface area contributed by atoms with Crippen LogP contribution in [-0.2, 0) is 0 Å². The van der Waals surface area contributed by atoms with E-state index in [2.05, 4.69) is 54.7 Å². The van der Waals surface area contributed by atoms with Gasteiger partial charge in [0.15, 0.2) is 11.3 Å². The highest BCUT2D eigenvalue weighted by Crippen LogP contribution is 2.42. The van der Waals surface area contributed by atoms with Crippen LogP contribution in [0.25, 0.3) is 11.0 Å². The van der Waals surface area contributed by atoms with Crippen LogP contribution in [0.5, 0.6) is 5.75 Å². The van der Waals surface area contributed by atoms with Crippen molar-refractivity contribution in [2.24, 2.45) is 5.92 Å². The molecule has 1 fully saturated rings. The minimum atomic E-state index is 0.146. The summed E-state index contributed by atoms with van der Waals surface area (Å²) in [5.41, 5.74) is 2.19. The Morgan fingerprint density at radius 1 is 1.08 bits per heavy atom. The Balaban J connectivity index is 1.60. The molecular formula is C21H23NO2. The maximum absolute atomic E-state index is 6.10. The maximum Gasteiger partial charge on any atom is 0.176 e. The Morgan fingerprint density at radius 3 is 2.58 bits per heavy atom. The van der Waals surface area contributed by atoms with Gasteiger partial charge in [0.2, 0.25) is 0 Å². The molecule has 2 atom stereocenters. The summed E-state index contributed by atoms with van der Waals surface area (Å²) < 4.78 is 11.5. The number of hydrogen-bond donors (Lipinski definition) is 1. The molecule has 3 aromatic rings. The van der Waals surface area contributed by atoms with Crippen LogP contribution >= 0.6 is 0 Å². The zero-order valence-electron chi connectivity index (χ0n) is 14.2. The SMILES string of the molecule is COc1cccc2cc(C(C)NC(c3ccccc3)C3CC3)oc12. The third-order valence-corrected chi connectivity index (χ3v) is 4.86. The van der Waals surface area contributed by atoms with Gasteiger partial charge in [0.25, 0.3) is 0 Å². The summed E-state index contributed by atoms with van der Waals surface area (Å²) in [6.45, 7) is 2.17. The summed E-state index contributed by atoms with van der Waals surface area (Å²) in [4.78, 5) is 0. The quantitative estimate of drug-likeness (QED) is 0.674. The highest BCUT2D eigenvalue weighted by molar-refractivity contribution is 5.83. The van der Waals surface area contributed by atoms with E-state index in [0.29, 0.717) is 6.04 Å². The first-order chi connectivity index (χ1) is 11.8. The normalized spacial score (nSPS) is 16.9. The highest BCUT2D eigenvalue weighted by atomic mass is 16.5. The molecule has 3 nitrogen and oxygen atoms in total. The third-order valence-electron chi connectivity index (χ3n) is 4.86. The van der Waals surface area contributed by atoms with Crippen molar-refractivity contribution in [2.45, 2.75) is 31.8 Å². The van der Waals surface area contributed by atoms with Gasteiger partial charge in [-0.15, -0.1) is 0 Å². The van der Waals surface area contributed by atoms with E-state index in [1.54, 1.807) is 7.11 Å². The van der Waals surface area contributed by atoms with Gasteiger partial charge in [-0.25, -0.2) is 0 Å². The van der Waals surface area contributed by atoms with Gasteiger partial charge in [-0.05, 0) is 43.4 Å². The first-order valence-electron chi connectivity index (χ1n) is 8.63. The van der Waals surface area contributed by atoms with Crippen molar-refractivity contribution in [3.63, 3.8) is 0 Å². The third kappa shape index (κ3) is 2.92. The second-order valence-corrected chi connectivity index (χ2v) is 6.64. The van der Waals surface area contributed by atoms with E-state index in [0.717, 1.165) is 28.4 Å². The average Bonchev–Trinajstić information content (AvgIpc) is 3.36. The average molecular weight is 321 g/mol. The predicted octanol–water partition coefficient (Wildman–Crippen LogP) is 5.24. The molecule has 0 bridgehead atoms. The van der Waals surface area contributed by atoms with Crippen molar-refractivity contribution in [1.82, 2.24) is 5.32 Å². The van der Waals surface area contributed by atoms with Crippen LogP contribution in [-0.4, -0.2) is 7.11 Å². The van der Waals surface area contributed by atoms with E-state index in [1.165, 1.54) is 18.4 Å². The monoisotopic (exact) mass is 321 g/mol. The largest absolute Gasteiger partial charge is 0.493 e. The van der Waals surface area contributed by atoms with Gasteiger partial charge in [0.05, 0.1) is 13.2 Å². The Bertz CT molecular complexity index is 820. The van der Waals surface area contributed by atoms with Gasteiger partial charge in [-0.2, -0.15) is 0 Å². The van der Waals surface area contributed by atoms with Crippen molar-refractivity contribution in [1.29, 1.82) is 0 Å². The lowest BCUT2D eigenvalue weighted by atomic mass is 10.0. The number of methoxy groups -OCH3 is 1. The predicted molar refractivity (Wildman–Crippen MR) is 96.2 cm³/mol. The fourth-order valence-corrected chi connectivity index (χ4v) is 3.38. The van der Waals surface area contributed by atoms with Crippen molar-refractivity contribution in [3.8, 4) is 5.75 Å². The van der Waals surface area contributed by atoms with Crippen LogP contribution in [0.1, 0.15) is 43.2 Å². The number of hydrogen-bond acceptors (Lipinski definition) is 3. The van der Waals surface area contributed by atoms with Gasteiger partial charge in [0, 0.05) is 11.4 Å². The molecule has 1 aliphatic carbocycles. The zero-order valence-corrected chi connectivity index (χ0v) is 14.2. The topological polar surface area (TPSA) is 34.4 Å². The summed E-state index contributed by atoms with van der Waals surface area (Å²) in [5, 5.41) is 4.86. The molecule has 0 amide bonds. The molecule has 1 aliphatic rings. The Morgan fingerprint density at radius 2 is 1.88 bits per heavy atom. The minimum Gasteiger partial charge on any atom is -0.493 e. The summed E-state index contributed by atoms with van der Waals surface area (Å²) in [6.07, 6.45) is 2.60. The molecule has 0 radical (unpaired) electrons. The second kappa shape index (κ2) is 6.33. The number of para-hydroxylation sites is 1. The Hall–Kier alpha value is -2.26. The summed E-state index contributed by atoms with van der Waals surface area (Å²) in [7, 11) is 1.68. The van der Waals surface area contributed by atoms with Crippen LogP contribution in [0.15, 0.2) is 59.0 Å². The Kier molecular flexibility index (Phi) is 4.03. The molecule has 0 saturated heterocycles. The number of rotatable bonds is 6. The van der Waals surface area contributed by atoms with Crippen LogP contribution < -0.4 is 10.1 Å². The molecule has 1 N–H and O–H groups in total. The summed E-state index contributed by atoms with van der Waals surface area (Å²) >= 11 is 0. The molecule has 0 spiro atoms. The molecule has 0 aliphatic heterocycles. The summed E-state index contributed by atoms with van der Waals surface area (Å²) in [5.74, 6) is 2.47. The number of fused-ring (bicyclic) bond motifs is 1.